The van der Waals surface area contributed by atoms with Crippen molar-refractivity contribution in [2.24, 2.45) is 17.8 Å². The summed E-state index contributed by atoms with van der Waals surface area (Å²) in [6, 6.07) is 6.66. The van der Waals surface area contributed by atoms with Crippen molar-refractivity contribution in [1.29, 1.82) is 0 Å². The number of thioether (sulfide) groups is 1. The third-order valence-electron chi connectivity index (χ3n) is 5.67. The summed E-state index contributed by atoms with van der Waals surface area (Å²) in [5, 5.41) is 14.7. The maximum absolute atomic E-state index is 13.7. The van der Waals surface area contributed by atoms with Gasteiger partial charge in [-0.15, -0.1) is 10.2 Å². The molecule has 144 valence electrons. The zero-order valence-electron chi connectivity index (χ0n) is 15.2. The van der Waals surface area contributed by atoms with Crippen LogP contribution in [0.4, 0.5) is 15.2 Å². The van der Waals surface area contributed by atoms with Gasteiger partial charge in [-0.3, -0.25) is 4.79 Å². The quantitative estimate of drug-likeness (QED) is 0.665. The second-order valence-electron chi connectivity index (χ2n) is 7.46. The van der Waals surface area contributed by atoms with Crippen LogP contribution in [0, 0.1) is 23.6 Å². The largest absolute Gasteiger partial charge is 0.353 e. The Hall–Kier alpha value is -1.67. The van der Waals surface area contributed by atoms with Crippen LogP contribution in [0.1, 0.15) is 32.6 Å². The number of hydrogen-bond donors (Lipinski definition) is 2. The summed E-state index contributed by atoms with van der Waals surface area (Å²) in [5.41, 5.74) is 0.364. The van der Waals surface area contributed by atoms with Gasteiger partial charge in [0.2, 0.25) is 11.0 Å². The van der Waals surface area contributed by atoms with E-state index in [-0.39, 0.29) is 17.8 Å². The van der Waals surface area contributed by atoms with Crippen molar-refractivity contribution in [2.45, 2.75) is 43.0 Å². The van der Waals surface area contributed by atoms with Crippen LogP contribution in [0.5, 0.6) is 0 Å². The number of rotatable bonds is 7. The summed E-state index contributed by atoms with van der Waals surface area (Å²) in [7, 11) is 0. The molecular formula is C19H23FN4OS2. The molecule has 27 heavy (non-hydrogen) atoms. The number of para-hydroxylation sites is 1. The number of amides is 1. The van der Waals surface area contributed by atoms with Gasteiger partial charge in [0.05, 0.1) is 11.4 Å². The topological polar surface area (TPSA) is 66.9 Å². The van der Waals surface area contributed by atoms with Crippen LogP contribution in [0.2, 0.25) is 0 Å². The molecule has 0 spiro atoms. The number of nitrogens with one attached hydrogen (secondary N) is 2. The van der Waals surface area contributed by atoms with Gasteiger partial charge in [0.15, 0.2) is 4.34 Å². The van der Waals surface area contributed by atoms with E-state index in [9.17, 15) is 9.18 Å². The van der Waals surface area contributed by atoms with Gasteiger partial charge in [-0.2, -0.15) is 0 Å². The molecule has 4 rings (SSSR count). The van der Waals surface area contributed by atoms with E-state index < -0.39 is 0 Å². The first-order valence-electron chi connectivity index (χ1n) is 9.35. The van der Waals surface area contributed by atoms with E-state index in [0.717, 1.165) is 11.8 Å². The Balaban J connectivity index is 1.25. The number of benzene rings is 1. The molecule has 2 aliphatic rings. The van der Waals surface area contributed by atoms with Gasteiger partial charge < -0.3 is 10.6 Å². The zero-order chi connectivity index (χ0) is 18.8. The summed E-state index contributed by atoms with van der Waals surface area (Å²) < 4.78 is 14.4. The van der Waals surface area contributed by atoms with Gasteiger partial charge in [0.1, 0.15) is 5.82 Å². The van der Waals surface area contributed by atoms with Crippen LogP contribution in [-0.4, -0.2) is 27.9 Å². The third kappa shape index (κ3) is 4.43. The highest BCUT2D eigenvalue weighted by Gasteiger charge is 2.42. The SMILES string of the molecule is C[C@@H](NC(=O)CSc1nnc(Nc2ccccc2F)s1)[C@H]1C[C@H]2CC[C@H]1C2. The van der Waals surface area contributed by atoms with Crippen molar-refractivity contribution in [2.75, 3.05) is 11.1 Å². The molecule has 1 amide bonds. The molecule has 8 heteroatoms. The van der Waals surface area contributed by atoms with Crippen molar-refractivity contribution in [3.63, 3.8) is 0 Å². The normalized spacial score (nSPS) is 24.7. The molecule has 0 aliphatic heterocycles. The van der Waals surface area contributed by atoms with E-state index in [2.05, 4.69) is 27.8 Å². The predicted octanol–water partition coefficient (Wildman–Crippen LogP) is 4.45. The average molecular weight is 407 g/mol. The fraction of sp³-hybridized carbons (Fsp3) is 0.526. The van der Waals surface area contributed by atoms with Crippen LogP contribution in [-0.2, 0) is 4.79 Å². The number of carbonyl (C=O) groups is 1. The van der Waals surface area contributed by atoms with Crippen molar-refractivity contribution in [3.05, 3.63) is 30.1 Å². The minimum absolute atomic E-state index is 0.0362. The number of anilines is 2. The number of carbonyl (C=O) groups excluding carboxylic acids is 1. The lowest BCUT2D eigenvalue weighted by atomic mass is 9.84. The Morgan fingerprint density at radius 2 is 2.19 bits per heavy atom. The first-order valence-corrected chi connectivity index (χ1v) is 11.2. The molecule has 0 radical (unpaired) electrons. The number of nitrogens with zero attached hydrogens (tertiary/aromatic N) is 2. The van der Waals surface area contributed by atoms with E-state index in [1.807, 2.05) is 0 Å². The Kier molecular flexibility index (Phi) is 5.63. The summed E-state index contributed by atoms with van der Waals surface area (Å²) in [4.78, 5) is 12.3. The molecule has 2 aliphatic carbocycles. The molecule has 2 bridgehead atoms. The summed E-state index contributed by atoms with van der Waals surface area (Å²) in [5.74, 6) is 2.34. The molecule has 0 saturated heterocycles. The lowest BCUT2D eigenvalue weighted by molar-refractivity contribution is -0.119. The second-order valence-corrected chi connectivity index (χ2v) is 9.66. The molecule has 0 unspecified atom stereocenters. The first-order chi connectivity index (χ1) is 13.1. The van der Waals surface area contributed by atoms with Crippen LogP contribution in [0.15, 0.2) is 28.6 Å². The second kappa shape index (κ2) is 8.14. The Bertz CT molecular complexity index is 815. The van der Waals surface area contributed by atoms with Crippen LogP contribution in [0.25, 0.3) is 0 Å². The molecule has 2 N–H and O–H groups in total. The number of aromatic nitrogens is 2. The third-order valence-corrected chi connectivity index (χ3v) is 7.64. The molecule has 1 aromatic carbocycles. The Morgan fingerprint density at radius 1 is 1.33 bits per heavy atom. The van der Waals surface area contributed by atoms with Crippen molar-refractivity contribution >= 4 is 39.8 Å². The smallest absolute Gasteiger partial charge is 0.230 e. The van der Waals surface area contributed by atoms with E-state index >= 15 is 0 Å². The maximum atomic E-state index is 13.7. The van der Waals surface area contributed by atoms with Gasteiger partial charge in [-0.1, -0.05) is 41.7 Å². The molecule has 2 aromatic rings. The van der Waals surface area contributed by atoms with E-state index in [1.54, 1.807) is 18.2 Å². The molecule has 2 fully saturated rings. The first kappa shape index (κ1) is 18.7. The molecule has 1 heterocycles. The lowest BCUT2D eigenvalue weighted by Gasteiger charge is -2.28. The highest BCUT2D eigenvalue weighted by atomic mass is 32.2. The maximum Gasteiger partial charge on any atom is 0.230 e. The summed E-state index contributed by atoms with van der Waals surface area (Å²) >= 11 is 2.68. The van der Waals surface area contributed by atoms with Gasteiger partial charge in [-0.25, -0.2) is 4.39 Å². The molecule has 2 saturated carbocycles. The van der Waals surface area contributed by atoms with Gasteiger partial charge in [-0.05, 0) is 56.1 Å². The number of fused-ring (bicyclic) bond motifs is 2. The molecule has 5 nitrogen and oxygen atoms in total. The minimum Gasteiger partial charge on any atom is -0.353 e. The molecule has 4 atom stereocenters. The van der Waals surface area contributed by atoms with Crippen LogP contribution < -0.4 is 10.6 Å². The Morgan fingerprint density at radius 3 is 2.93 bits per heavy atom. The van der Waals surface area contributed by atoms with E-state index in [0.29, 0.717) is 26.8 Å². The standard InChI is InChI=1S/C19H23FN4OS2/c1-11(14-9-12-6-7-13(14)8-12)21-17(25)10-26-19-24-23-18(27-19)22-16-5-3-2-4-15(16)20/h2-5,11-14H,6-10H2,1H3,(H,21,25)(H,22,23)/t11-,12+,13+,14-/m1/s1. The monoisotopic (exact) mass is 406 g/mol. The van der Waals surface area contributed by atoms with Gasteiger partial charge in [0.25, 0.3) is 0 Å². The van der Waals surface area contributed by atoms with E-state index in [1.165, 1.54) is 54.8 Å². The molecular weight excluding hydrogens is 383 g/mol. The summed E-state index contributed by atoms with van der Waals surface area (Å²) in [6.07, 6.45) is 5.31. The van der Waals surface area contributed by atoms with E-state index in [4.69, 9.17) is 0 Å². The lowest BCUT2D eigenvalue weighted by Crippen LogP contribution is -2.40. The molecule has 1 aromatic heterocycles. The minimum atomic E-state index is -0.337. The number of halogens is 1. The van der Waals surface area contributed by atoms with Gasteiger partial charge in [0, 0.05) is 6.04 Å². The van der Waals surface area contributed by atoms with Gasteiger partial charge >= 0.3 is 0 Å². The van der Waals surface area contributed by atoms with Crippen LogP contribution in [0.3, 0.4) is 0 Å². The highest BCUT2D eigenvalue weighted by Crippen LogP contribution is 2.49. The average Bonchev–Trinajstić information content (AvgIpc) is 3.39. The fourth-order valence-electron chi connectivity index (χ4n) is 4.43. The number of hydrogen-bond acceptors (Lipinski definition) is 6. The van der Waals surface area contributed by atoms with Crippen molar-refractivity contribution < 1.29 is 9.18 Å². The zero-order valence-corrected chi connectivity index (χ0v) is 16.8. The Labute approximate surface area is 166 Å². The van der Waals surface area contributed by atoms with Crippen molar-refractivity contribution in [1.82, 2.24) is 15.5 Å². The fourth-order valence-corrected chi connectivity index (χ4v) is 6.01. The van der Waals surface area contributed by atoms with Crippen molar-refractivity contribution in [3.8, 4) is 0 Å². The van der Waals surface area contributed by atoms with Crippen LogP contribution >= 0.6 is 23.1 Å². The summed E-state index contributed by atoms with van der Waals surface area (Å²) in [6.45, 7) is 2.13. The predicted molar refractivity (Wildman–Crippen MR) is 107 cm³/mol. The highest BCUT2D eigenvalue weighted by molar-refractivity contribution is 8.01.